The van der Waals surface area contributed by atoms with Gasteiger partial charge in [-0.25, -0.2) is 4.98 Å². The fourth-order valence-electron chi connectivity index (χ4n) is 1.13. The van der Waals surface area contributed by atoms with Crippen molar-refractivity contribution in [1.82, 2.24) is 15.2 Å². The van der Waals surface area contributed by atoms with Gasteiger partial charge in [0.15, 0.2) is 5.78 Å². The molecule has 0 spiro atoms. The number of carbonyl (C=O) groups excluding carboxylic acids is 2. The van der Waals surface area contributed by atoms with Crippen LogP contribution in [-0.2, 0) is 9.59 Å². The van der Waals surface area contributed by atoms with E-state index < -0.39 is 0 Å². The Hall–Kier alpha value is -1.85. The summed E-state index contributed by atoms with van der Waals surface area (Å²) >= 11 is 0. The summed E-state index contributed by atoms with van der Waals surface area (Å²) in [5.74, 6) is -0.186. The number of hydrogen-bond acceptors (Lipinski definition) is 5. The lowest BCUT2D eigenvalue weighted by molar-refractivity contribution is -0.121. The number of rotatable bonds is 1. The summed E-state index contributed by atoms with van der Waals surface area (Å²) in [7, 11) is 0. The van der Waals surface area contributed by atoms with Gasteiger partial charge in [-0.3, -0.25) is 14.5 Å². The van der Waals surface area contributed by atoms with Crippen molar-refractivity contribution in [2.75, 3.05) is 11.4 Å². The number of carbonyl (C=O) groups is 2. The topological polar surface area (TPSA) is 76.1 Å². The van der Waals surface area contributed by atoms with Gasteiger partial charge in [0.25, 0.3) is 5.95 Å². The minimum Gasteiger partial charge on any atom is -0.297 e. The van der Waals surface area contributed by atoms with Crippen LogP contribution in [0.25, 0.3) is 0 Å². The third-order valence-electron chi connectivity index (χ3n) is 1.70. The molecule has 1 aliphatic heterocycles. The molecule has 1 amide bonds. The lowest BCUT2D eigenvalue weighted by atomic mass is 10.3. The zero-order valence-corrected chi connectivity index (χ0v) is 6.67. The molecule has 6 nitrogen and oxygen atoms in total. The fourth-order valence-corrected chi connectivity index (χ4v) is 1.13. The second-order valence-corrected chi connectivity index (χ2v) is 2.64. The number of hydrogen-bond donors (Lipinski definition) is 0. The summed E-state index contributed by atoms with van der Waals surface area (Å²) in [4.78, 5) is 27.1. The van der Waals surface area contributed by atoms with Gasteiger partial charge in [-0.2, -0.15) is 5.10 Å². The summed E-state index contributed by atoms with van der Waals surface area (Å²) in [5, 5.41) is 7.21. The van der Waals surface area contributed by atoms with Crippen molar-refractivity contribution in [3.63, 3.8) is 0 Å². The van der Waals surface area contributed by atoms with Gasteiger partial charge in [-0.15, -0.1) is 5.10 Å². The Balaban J connectivity index is 2.28. The zero-order valence-electron chi connectivity index (χ0n) is 6.67. The van der Waals surface area contributed by atoms with Crippen LogP contribution in [0.3, 0.4) is 0 Å². The second kappa shape index (κ2) is 2.89. The smallest absolute Gasteiger partial charge is 0.252 e. The standard InChI is InChI=1S/C7H6N4O2/c12-5-3-6(13)11(4-5)7-8-1-2-9-10-7/h1-2H,3-4H2. The first-order valence-corrected chi connectivity index (χ1v) is 3.73. The van der Waals surface area contributed by atoms with E-state index in [0.29, 0.717) is 0 Å². The van der Waals surface area contributed by atoms with Crippen molar-refractivity contribution in [1.29, 1.82) is 0 Å². The Labute approximate surface area is 73.6 Å². The Bertz CT molecular complexity index is 351. The molecule has 1 saturated heterocycles. The molecule has 66 valence electrons. The van der Waals surface area contributed by atoms with Gasteiger partial charge in [0, 0.05) is 0 Å². The molecule has 1 aliphatic rings. The van der Waals surface area contributed by atoms with E-state index in [1.807, 2.05) is 0 Å². The Morgan fingerprint density at radius 3 is 2.69 bits per heavy atom. The highest BCUT2D eigenvalue weighted by Gasteiger charge is 2.30. The molecular formula is C7H6N4O2. The van der Waals surface area contributed by atoms with E-state index in [1.54, 1.807) is 0 Å². The van der Waals surface area contributed by atoms with Crippen LogP contribution < -0.4 is 4.90 Å². The van der Waals surface area contributed by atoms with Crippen molar-refractivity contribution in [3.8, 4) is 0 Å². The van der Waals surface area contributed by atoms with E-state index in [9.17, 15) is 9.59 Å². The van der Waals surface area contributed by atoms with Crippen molar-refractivity contribution in [2.45, 2.75) is 6.42 Å². The highest BCUT2D eigenvalue weighted by molar-refractivity contribution is 6.14. The molecule has 0 unspecified atom stereocenters. The first kappa shape index (κ1) is 7.78. The van der Waals surface area contributed by atoms with Crippen LogP contribution in [0.5, 0.6) is 0 Å². The van der Waals surface area contributed by atoms with Gasteiger partial charge in [0.2, 0.25) is 5.91 Å². The molecule has 0 bridgehead atoms. The van der Waals surface area contributed by atoms with Crippen molar-refractivity contribution in [3.05, 3.63) is 12.4 Å². The molecule has 2 rings (SSSR count). The predicted octanol–water partition coefficient (Wildman–Crippen LogP) is -0.823. The Morgan fingerprint density at radius 2 is 2.15 bits per heavy atom. The van der Waals surface area contributed by atoms with Crippen LogP contribution in [0.1, 0.15) is 6.42 Å². The van der Waals surface area contributed by atoms with Crippen LogP contribution in [0.2, 0.25) is 0 Å². The molecular weight excluding hydrogens is 172 g/mol. The Kier molecular flexibility index (Phi) is 1.73. The van der Waals surface area contributed by atoms with Crippen LogP contribution in [0.4, 0.5) is 5.95 Å². The van der Waals surface area contributed by atoms with Crippen LogP contribution in [-0.4, -0.2) is 33.4 Å². The number of ketones is 1. The zero-order chi connectivity index (χ0) is 9.26. The van der Waals surface area contributed by atoms with Gasteiger partial charge in [-0.1, -0.05) is 0 Å². The third-order valence-corrected chi connectivity index (χ3v) is 1.70. The normalized spacial score (nSPS) is 16.8. The minimum absolute atomic E-state index is 0.0573. The molecule has 0 aromatic carbocycles. The number of anilines is 1. The molecule has 1 aromatic rings. The van der Waals surface area contributed by atoms with E-state index in [1.165, 1.54) is 17.3 Å². The summed E-state index contributed by atoms with van der Waals surface area (Å²) in [6.45, 7) is 0.0600. The second-order valence-electron chi connectivity index (χ2n) is 2.64. The van der Waals surface area contributed by atoms with E-state index in [-0.39, 0.29) is 30.6 Å². The van der Waals surface area contributed by atoms with Gasteiger partial charge in [0.05, 0.1) is 25.4 Å². The molecule has 1 aromatic heterocycles. The number of amides is 1. The molecule has 0 saturated carbocycles. The Morgan fingerprint density at radius 1 is 1.31 bits per heavy atom. The van der Waals surface area contributed by atoms with Crippen LogP contribution >= 0.6 is 0 Å². The molecule has 6 heteroatoms. The van der Waals surface area contributed by atoms with Gasteiger partial charge >= 0.3 is 0 Å². The molecule has 0 atom stereocenters. The number of aromatic nitrogens is 3. The van der Waals surface area contributed by atoms with E-state index in [0.717, 1.165) is 0 Å². The lowest BCUT2D eigenvalue weighted by Crippen LogP contribution is -2.26. The summed E-state index contributed by atoms with van der Waals surface area (Å²) in [6, 6.07) is 0. The van der Waals surface area contributed by atoms with E-state index in [2.05, 4.69) is 15.2 Å². The van der Waals surface area contributed by atoms with Crippen molar-refractivity contribution < 1.29 is 9.59 Å². The number of Topliss-reactive ketones (excluding diaryl/α,β-unsaturated/α-hetero) is 1. The van der Waals surface area contributed by atoms with E-state index >= 15 is 0 Å². The monoisotopic (exact) mass is 178 g/mol. The fraction of sp³-hybridized carbons (Fsp3) is 0.286. The maximum atomic E-state index is 11.2. The first-order chi connectivity index (χ1) is 6.27. The largest absolute Gasteiger partial charge is 0.297 e. The highest BCUT2D eigenvalue weighted by atomic mass is 16.2. The van der Waals surface area contributed by atoms with Crippen molar-refractivity contribution in [2.24, 2.45) is 0 Å². The minimum atomic E-state index is -0.266. The lowest BCUT2D eigenvalue weighted by Gasteiger charge is -2.09. The van der Waals surface area contributed by atoms with E-state index in [4.69, 9.17) is 0 Å². The molecule has 0 N–H and O–H groups in total. The average Bonchev–Trinajstić information content (AvgIpc) is 2.47. The number of nitrogens with zero attached hydrogens (tertiary/aromatic N) is 4. The average molecular weight is 178 g/mol. The quantitative estimate of drug-likeness (QED) is 0.525. The van der Waals surface area contributed by atoms with Crippen LogP contribution in [0, 0.1) is 0 Å². The predicted molar refractivity (Wildman–Crippen MR) is 41.8 cm³/mol. The van der Waals surface area contributed by atoms with Gasteiger partial charge < -0.3 is 0 Å². The maximum absolute atomic E-state index is 11.2. The first-order valence-electron chi connectivity index (χ1n) is 3.73. The maximum Gasteiger partial charge on any atom is 0.252 e. The summed E-state index contributed by atoms with van der Waals surface area (Å²) < 4.78 is 0. The molecule has 1 fully saturated rings. The molecule has 0 aliphatic carbocycles. The summed E-state index contributed by atoms with van der Waals surface area (Å²) in [6.07, 6.45) is 2.78. The van der Waals surface area contributed by atoms with Crippen LogP contribution in [0.15, 0.2) is 12.4 Å². The highest BCUT2D eigenvalue weighted by Crippen LogP contribution is 2.12. The summed E-state index contributed by atoms with van der Waals surface area (Å²) in [5.41, 5.74) is 0. The van der Waals surface area contributed by atoms with Gasteiger partial charge in [0.1, 0.15) is 0 Å². The molecule has 0 radical (unpaired) electrons. The third kappa shape index (κ3) is 1.37. The molecule has 2 heterocycles. The van der Waals surface area contributed by atoms with Crippen molar-refractivity contribution >= 4 is 17.6 Å². The van der Waals surface area contributed by atoms with Gasteiger partial charge in [-0.05, 0) is 0 Å². The molecule has 13 heavy (non-hydrogen) atoms. The SMILES string of the molecule is O=C1CC(=O)N(c2nccnn2)C1.